The number of nitrogens with zero attached hydrogens (tertiary/aromatic N) is 1. The fourth-order valence-electron chi connectivity index (χ4n) is 2.29. The molecule has 0 fully saturated rings. The molecule has 0 unspecified atom stereocenters. The van der Waals surface area contributed by atoms with Gasteiger partial charge in [-0.1, -0.05) is 23.7 Å². The summed E-state index contributed by atoms with van der Waals surface area (Å²) >= 11 is 5.90. The van der Waals surface area contributed by atoms with Crippen molar-refractivity contribution < 1.29 is 4.79 Å². The van der Waals surface area contributed by atoms with Crippen LogP contribution in [-0.2, 0) is 0 Å². The number of pyridine rings is 1. The molecule has 0 aliphatic rings. The van der Waals surface area contributed by atoms with E-state index >= 15 is 0 Å². The van der Waals surface area contributed by atoms with Crippen LogP contribution >= 0.6 is 11.6 Å². The van der Waals surface area contributed by atoms with Crippen molar-refractivity contribution in [3.8, 4) is 11.1 Å². The van der Waals surface area contributed by atoms with Crippen molar-refractivity contribution in [2.75, 3.05) is 0 Å². The number of aldehydes is 1. The molecular formula is C16H12ClNO. The van der Waals surface area contributed by atoms with E-state index in [2.05, 4.69) is 6.07 Å². The van der Waals surface area contributed by atoms with E-state index in [0.717, 1.165) is 22.9 Å². The van der Waals surface area contributed by atoms with Crippen molar-refractivity contribution in [2.45, 2.75) is 6.92 Å². The molecule has 0 spiro atoms. The maximum Gasteiger partial charge on any atom is 0.167 e. The number of aromatic nitrogens is 1. The molecule has 0 bridgehead atoms. The maximum absolute atomic E-state index is 11.4. The lowest BCUT2D eigenvalue weighted by atomic mass is 10.1. The van der Waals surface area contributed by atoms with Gasteiger partial charge in [-0.3, -0.25) is 4.79 Å². The van der Waals surface area contributed by atoms with E-state index in [1.165, 1.54) is 5.56 Å². The van der Waals surface area contributed by atoms with Crippen LogP contribution in [-0.4, -0.2) is 10.7 Å². The Morgan fingerprint density at radius 1 is 1.11 bits per heavy atom. The van der Waals surface area contributed by atoms with Gasteiger partial charge in [0.15, 0.2) is 6.29 Å². The summed E-state index contributed by atoms with van der Waals surface area (Å²) in [5.74, 6) is 0. The zero-order chi connectivity index (χ0) is 13.4. The van der Waals surface area contributed by atoms with Crippen molar-refractivity contribution in [2.24, 2.45) is 0 Å². The number of rotatable bonds is 2. The van der Waals surface area contributed by atoms with Crippen molar-refractivity contribution >= 4 is 23.4 Å². The molecule has 0 aliphatic heterocycles. The second-order valence-corrected chi connectivity index (χ2v) is 5.00. The van der Waals surface area contributed by atoms with Gasteiger partial charge < -0.3 is 4.40 Å². The zero-order valence-electron chi connectivity index (χ0n) is 10.4. The van der Waals surface area contributed by atoms with Crippen LogP contribution in [0.5, 0.6) is 0 Å². The molecule has 2 nitrogen and oxygen atoms in total. The second-order valence-electron chi connectivity index (χ2n) is 4.57. The Morgan fingerprint density at radius 3 is 2.53 bits per heavy atom. The number of aryl methyl sites for hydroxylation is 1. The van der Waals surface area contributed by atoms with Crippen LogP contribution in [0.2, 0.25) is 5.02 Å². The van der Waals surface area contributed by atoms with E-state index in [4.69, 9.17) is 11.6 Å². The van der Waals surface area contributed by atoms with Gasteiger partial charge in [-0.25, -0.2) is 0 Å². The molecule has 3 rings (SSSR count). The molecule has 19 heavy (non-hydrogen) atoms. The van der Waals surface area contributed by atoms with Crippen LogP contribution in [0.1, 0.15) is 16.1 Å². The van der Waals surface area contributed by atoms with Crippen LogP contribution in [0.4, 0.5) is 0 Å². The minimum Gasteiger partial charge on any atom is -0.314 e. The third kappa shape index (κ3) is 2.04. The molecule has 0 aliphatic carbocycles. The summed E-state index contributed by atoms with van der Waals surface area (Å²) in [6.07, 6.45) is 2.82. The van der Waals surface area contributed by atoms with Crippen LogP contribution in [0.25, 0.3) is 16.6 Å². The molecule has 0 radical (unpaired) electrons. The predicted octanol–water partition coefficient (Wildman–Crippen LogP) is 4.38. The first kappa shape index (κ1) is 12.0. The third-order valence-corrected chi connectivity index (χ3v) is 3.49. The summed E-state index contributed by atoms with van der Waals surface area (Å²) < 4.78 is 1.91. The molecule has 0 atom stereocenters. The highest BCUT2D eigenvalue weighted by molar-refractivity contribution is 6.30. The molecule has 0 saturated carbocycles. The maximum atomic E-state index is 11.4. The molecule has 3 heteroatoms. The monoisotopic (exact) mass is 269 g/mol. The van der Waals surface area contributed by atoms with E-state index in [1.54, 1.807) is 0 Å². The lowest BCUT2D eigenvalue weighted by Gasteiger charge is -2.01. The van der Waals surface area contributed by atoms with E-state index in [-0.39, 0.29) is 0 Å². The summed E-state index contributed by atoms with van der Waals surface area (Å²) in [6, 6.07) is 13.6. The van der Waals surface area contributed by atoms with Gasteiger partial charge in [-0.05, 0) is 48.4 Å². The highest BCUT2D eigenvalue weighted by Crippen LogP contribution is 2.28. The van der Waals surface area contributed by atoms with Crippen molar-refractivity contribution in [3.63, 3.8) is 0 Å². The zero-order valence-corrected chi connectivity index (χ0v) is 11.2. The van der Waals surface area contributed by atoms with Gasteiger partial charge in [0.25, 0.3) is 0 Å². The van der Waals surface area contributed by atoms with Gasteiger partial charge in [0, 0.05) is 22.3 Å². The van der Waals surface area contributed by atoms with Gasteiger partial charge in [-0.2, -0.15) is 0 Å². The number of halogens is 1. The minimum atomic E-state index is 0.664. The van der Waals surface area contributed by atoms with Crippen LogP contribution in [0.3, 0.4) is 0 Å². The number of hydrogen-bond donors (Lipinski definition) is 0. The Bertz CT molecular complexity index is 756. The van der Waals surface area contributed by atoms with Crippen LogP contribution < -0.4 is 0 Å². The number of benzene rings is 1. The number of carbonyl (C=O) groups is 1. The Morgan fingerprint density at radius 2 is 1.84 bits per heavy atom. The topological polar surface area (TPSA) is 21.5 Å². The van der Waals surface area contributed by atoms with E-state index in [1.807, 2.05) is 53.9 Å². The standard InChI is InChI=1S/C16H12ClNO/c1-11-6-7-18-14(8-11)9-15(16(18)10-19)12-2-4-13(17)5-3-12/h2-10H,1H3. The minimum absolute atomic E-state index is 0.664. The Labute approximate surface area is 116 Å². The second kappa shape index (κ2) is 4.56. The quantitative estimate of drug-likeness (QED) is 0.633. The normalized spacial score (nSPS) is 10.8. The third-order valence-electron chi connectivity index (χ3n) is 3.23. The Kier molecular flexibility index (Phi) is 2.88. The summed E-state index contributed by atoms with van der Waals surface area (Å²) in [7, 11) is 0. The predicted molar refractivity (Wildman–Crippen MR) is 78.0 cm³/mol. The largest absolute Gasteiger partial charge is 0.314 e. The number of fused-ring (bicyclic) bond motifs is 1. The molecule has 3 aromatic rings. The lowest BCUT2D eigenvalue weighted by molar-refractivity contribution is 0.111. The van der Waals surface area contributed by atoms with E-state index in [0.29, 0.717) is 10.7 Å². The SMILES string of the molecule is Cc1ccn2c(C=O)c(-c3ccc(Cl)cc3)cc2c1. The highest BCUT2D eigenvalue weighted by atomic mass is 35.5. The average molecular weight is 270 g/mol. The molecular weight excluding hydrogens is 258 g/mol. The average Bonchev–Trinajstić information content (AvgIpc) is 2.77. The summed E-state index contributed by atoms with van der Waals surface area (Å²) in [5, 5.41) is 0.691. The van der Waals surface area contributed by atoms with Gasteiger partial charge in [0.05, 0.1) is 5.69 Å². The lowest BCUT2D eigenvalue weighted by Crippen LogP contribution is -1.92. The molecule has 0 N–H and O–H groups in total. The first-order valence-corrected chi connectivity index (χ1v) is 6.39. The van der Waals surface area contributed by atoms with Gasteiger partial charge >= 0.3 is 0 Å². The molecule has 0 saturated heterocycles. The molecule has 2 aromatic heterocycles. The summed E-state index contributed by atoms with van der Waals surface area (Å²) in [5.41, 5.74) is 4.78. The number of hydrogen-bond acceptors (Lipinski definition) is 1. The van der Waals surface area contributed by atoms with E-state index < -0.39 is 0 Å². The van der Waals surface area contributed by atoms with Crippen molar-refractivity contribution in [1.29, 1.82) is 0 Å². The first-order chi connectivity index (χ1) is 9.19. The van der Waals surface area contributed by atoms with E-state index in [9.17, 15) is 4.79 Å². The van der Waals surface area contributed by atoms with Gasteiger partial charge in [-0.15, -0.1) is 0 Å². The Balaban J connectivity index is 2.28. The molecule has 2 heterocycles. The number of carbonyl (C=O) groups excluding carboxylic acids is 1. The fraction of sp³-hybridized carbons (Fsp3) is 0.0625. The van der Waals surface area contributed by atoms with Gasteiger partial charge in [0.1, 0.15) is 0 Å². The molecule has 0 amide bonds. The van der Waals surface area contributed by atoms with Gasteiger partial charge in [0.2, 0.25) is 0 Å². The molecule has 94 valence electrons. The smallest absolute Gasteiger partial charge is 0.167 e. The Hall–Kier alpha value is -2.06. The summed E-state index contributed by atoms with van der Waals surface area (Å²) in [4.78, 5) is 11.4. The van der Waals surface area contributed by atoms with Crippen molar-refractivity contribution in [3.05, 3.63) is 64.9 Å². The fourth-order valence-corrected chi connectivity index (χ4v) is 2.42. The van der Waals surface area contributed by atoms with Crippen LogP contribution in [0, 0.1) is 6.92 Å². The highest BCUT2D eigenvalue weighted by Gasteiger charge is 2.11. The molecule has 1 aromatic carbocycles. The summed E-state index contributed by atoms with van der Waals surface area (Å²) in [6.45, 7) is 2.04. The van der Waals surface area contributed by atoms with Crippen LogP contribution in [0.15, 0.2) is 48.7 Å². The first-order valence-electron chi connectivity index (χ1n) is 6.02. The van der Waals surface area contributed by atoms with Crippen molar-refractivity contribution in [1.82, 2.24) is 4.40 Å².